The number of ether oxygens (including phenoxy) is 1. The summed E-state index contributed by atoms with van der Waals surface area (Å²) in [6, 6.07) is 7.02. The van der Waals surface area contributed by atoms with Crippen LogP contribution >= 0.6 is 11.8 Å². The predicted molar refractivity (Wildman–Crippen MR) is 68.6 cm³/mol. The Bertz CT molecular complexity index is 422. The fraction of sp³-hybridized carbons (Fsp3) is 0.333. The molecule has 0 fully saturated rings. The van der Waals surface area contributed by atoms with Crippen LogP contribution in [0.3, 0.4) is 0 Å². The second-order valence-electron chi connectivity index (χ2n) is 3.37. The van der Waals surface area contributed by atoms with Crippen molar-refractivity contribution in [1.29, 1.82) is 0 Å². The summed E-state index contributed by atoms with van der Waals surface area (Å²) >= 11 is 0.998. The van der Waals surface area contributed by atoms with Crippen LogP contribution in [0.15, 0.2) is 24.3 Å². The number of benzene rings is 1. The number of amides is 1. The van der Waals surface area contributed by atoms with Crippen molar-refractivity contribution >= 4 is 29.3 Å². The molecule has 0 bridgehead atoms. The molecule has 0 aliphatic heterocycles. The average molecular weight is 268 g/mol. The van der Waals surface area contributed by atoms with Gasteiger partial charge in [0.15, 0.2) is 0 Å². The number of anilines is 1. The van der Waals surface area contributed by atoms with E-state index in [0.717, 1.165) is 11.8 Å². The van der Waals surface area contributed by atoms with E-state index in [-0.39, 0.29) is 17.4 Å². The van der Waals surface area contributed by atoms with Crippen LogP contribution in [-0.4, -0.2) is 30.0 Å². The van der Waals surface area contributed by atoms with Gasteiger partial charge in [-0.05, 0) is 19.1 Å². The molecule has 0 spiro atoms. The quantitative estimate of drug-likeness (QED) is 0.779. The van der Waals surface area contributed by atoms with E-state index in [0.29, 0.717) is 18.0 Å². The van der Waals surface area contributed by atoms with E-state index in [1.807, 2.05) is 6.92 Å². The first-order valence-corrected chi connectivity index (χ1v) is 6.57. The SMILES string of the molecule is CCOc1cccc(NC(=O)CSCC(=O)[O-])c1. The Morgan fingerprint density at radius 3 is 2.83 bits per heavy atom. The van der Waals surface area contributed by atoms with Gasteiger partial charge in [-0.2, -0.15) is 0 Å². The number of carboxylic acid groups (broad SMARTS) is 1. The number of rotatable bonds is 7. The molecule has 0 unspecified atom stereocenters. The zero-order valence-corrected chi connectivity index (χ0v) is 10.8. The third kappa shape index (κ3) is 5.58. The summed E-state index contributed by atoms with van der Waals surface area (Å²) in [7, 11) is 0. The maximum absolute atomic E-state index is 11.5. The smallest absolute Gasteiger partial charge is 0.234 e. The lowest BCUT2D eigenvalue weighted by Crippen LogP contribution is -2.25. The largest absolute Gasteiger partial charge is 0.549 e. The molecule has 18 heavy (non-hydrogen) atoms. The third-order valence-electron chi connectivity index (χ3n) is 1.88. The molecule has 0 heterocycles. The van der Waals surface area contributed by atoms with Gasteiger partial charge in [-0.3, -0.25) is 4.79 Å². The van der Waals surface area contributed by atoms with E-state index in [1.165, 1.54) is 0 Å². The lowest BCUT2D eigenvalue weighted by Gasteiger charge is -2.08. The molecule has 0 saturated heterocycles. The molecule has 0 atom stereocenters. The number of thioether (sulfide) groups is 1. The van der Waals surface area contributed by atoms with Gasteiger partial charge in [0.25, 0.3) is 0 Å². The summed E-state index contributed by atoms with van der Waals surface area (Å²) in [4.78, 5) is 21.7. The zero-order chi connectivity index (χ0) is 13.4. The standard InChI is InChI=1S/C12H15NO4S/c1-2-17-10-5-3-4-9(6-10)13-11(14)7-18-8-12(15)16/h3-6H,2,7-8H2,1H3,(H,13,14)(H,15,16)/p-1. The monoisotopic (exact) mass is 268 g/mol. The number of hydrogen-bond donors (Lipinski definition) is 1. The summed E-state index contributed by atoms with van der Waals surface area (Å²) in [6.45, 7) is 2.43. The van der Waals surface area contributed by atoms with Crippen molar-refractivity contribution in [2.24, 2.45) is 0 Å². The van der Waals surface area contributed by atoms with E-state index in [9.17, 15) is 14.7 Å². The van der Waals surface area contributed by atoms with Crippen molar-refractivity contribution in [2.45, 2.75) is 6.92 Å². The summed E-state index contributed by atoms with van der Waals surface area (Å²) < 4.78 is 5.30. The van der Waals surface area contributed by atoms with E-state index < -0.39 is 5.97 Å². The first-order chi connectivity index (χ1) is 8.61. The molecule has 1 rings (SSSR count). The maximum Gasteiger partial charge on any atom is 0.234 e. The van der Waals surface area contributed by atoms with Crippen LogP contribution in [0.1, 0.15) is 6.92 Å². The number of aliphatic carboxylic acids is 1. The lowest BCUT2D eigenvalue weighted by atomic mass is 10.3. The molecule has 0 aliphatic rings. The molecule has 6 heteroatoms. The summed E-state index contributed by atoms with van der Waals surface area (Å²) in [5, 5.41) is 12.8. The Kier molecular flexibility index (Phi) is 6.07. The second kappa shape index (κ2) is 7.60. The fourth-order valence-electron chi connectivity index (χ4n) is 1.25. The zero-order valence-electron chi connectivity index (χ0n) is 9.97. The van der Waals surface area contributed by atoms with Gasteiger partial charge in [-0.15, -0.1) is 11.8 Å². The highest BCUT2D eigenvalue weighted by Gasteiger charge is 2.03. The molecule has 0 aliphatic carbocycles. The van der Waals surface area contributed by atoms with Gasteiger partial charge >= 0.3 is 0 Å². The molecule has 1 aromatic carbocycles. The van der Waals surface area contributed by atoms with Crippen molar-refractivity contribution in [3.8, 4) is 5.75 Å². The summed E-state index contributed by atoms with van der Waals surface area (Å²) in [6.07, 6.45) is 0. The molecule has 5 nitrogen and oxygen atoms in total. The van der Waals surface area contributed by atoms with E-state index in [1.54, 1.807) is 24.3 Å². The molecule has 0 aromatic heterocycles. The highest BCUT2D eigenvalue weighted by Crippen LogP contribution is 2.17. The van der Waals surface area contributed by atoms with Crippen LogP contribution < -0.4 is 15.2 Å². The molecule has 0 saturated carbocycles. The van der Waals surface area contributed by atoms with Crippen LogP contribution in [0.4, 0.5) is 5.69 Å². The Morgan fingerprint density at radius 2 is 2.17 bits per heavy atom. The van der Waals surface area contributed by atoms with Gasteiger partial charge in [-0.25, -0.2) is 0 Å². The van der Waals surface area contributed by atoms with E-state index in [2.05, 4.69) is 5.32 Å². The molecular weight excluding hydrogens is 254 g/mol. The highest BCUT2D eigenvalue weighted by molar-refractivity contribution is 8.00. The Labute approximate surface area is 110 Å². The van der Waals surface area contributed by atoms with Crippen LogP contribution in [0.25, 0.3) is 0 Å². The van der Waals surface area contributed by atoms with Gasteiger partial charge in [0.2, 0.25) is 5.91 Å². The van der Waals surface area contributed by atoms with Crippen LogP contribution in [0.2, 0.25) is 0 Å². The molecule has 1 aromatic rings. The average Bonchev–Trinajstić information content (AvgIpc) is 2.29. The van der Waals surface area contributed by atoms with Crippen molar-refractivity contribution < 1.29 is 19.4 Å². The van der Waals surface area contributed by atoms with Crippen molar-refractivity contribution in [1.82, 2.24) is 0 Å². The van der Waals surface area contributed by atoms with Gasteiger partial charge < -0.3 is 20.0 Å². The van der Waals surface area contributed by atoms with Gasteiger partial charge in [0.1, 0.15) is 5.75 Å². The minimum atomic E-state index is -1.17. The predicted octanol–water partition coefficient (Wildman–Crippen LogP) is 0.507. The minimum Gasteiger partial charge on any atom is -0.549 e. The van der Waals surface area contributed by atoms with Crippen molar-refractivity contribution in [3.63, 3.8) is 0 Å². The molecule has 1 amide bonds. The first kappa shape index (κ1) is 14.4. The molecule has 0 radical (unpaired) electrons. The van der Waals surface area contributed by atoms with Gasteiger partial charge in [-0.1, -0.05) is 6.07 Å². The van der Waals surface area contributed by atoms with Crippen LogP contribution in [0.5, 0.6) is 5.75 Å². The normalized spacial score (nSPS) is 9.83. The van der Waals surface area contributed by atoms with E-state index in [4.69, 9.17) is 4.74 Å². The van der Waals surface area contributed by atoms with Crippen molar-refractivity contribution in [2.75, 3.05) is 23.4 Å². The first-order valence-electron chi connectivity index (χ1n) is 5.42. The number of carbonyl (C=O) groups is 2. The lowest BCUT2D eigenvalue weighted by molar-refractivity contribution is -0.301. The van der Waals surface area contributed by atoms with Crippen LogP contribution in [0, 0.1) is 0 Å². The van der Waals surface area contributed by atoms with Gasteiger partial charge in [0.05, 0.1) is 18.3 Å². The Hall–Kier alpha value is -1.69. The number of carbonyl (C=O) groups excluding carboxylic acids is 2. The van der Waals surface area contributed by atoms with Gasteiger partial charge in [0, 0.05) is 17.5 Å². The maximum atomic E-state index is 11.5. The third-order valence-corrected chi connectivity index (χ3v) is 2.79. The Balaban J connectivity index is 2.43. The Morgan fingerprint density at radius 1 is 1.39 bits per heavy atom. The summed E-state index contributed by atoms with van der Waals surface area (Å²) in [5.41, 5.74) is 0.625. The van der Waals surface area contributed by atoms with Crippen LogP contribution in [-0.2, 0) is 9.59 Å². The molecular formula is C12H14NO4S-. The minimum absolute atomic E-state index is 0.0762. The number of carboxylic acids is 1. The van der Waals surface area contributed by atoms with Crippen molar-refractivity contribution in [3.05, 3.63) is 24.3 Å². The van der Waals surface area contributed by atoms with E-state index >= 15 is 0 Å². The molecule has 98 valence electrons. The second-order valence-corrected chi connectivity index (χ2v) is 4.36. The highest BCUT2D eigenvalue weighted by atomic mass is 32.2. The summed E-state index contributed by atoms with van der Waals surface area (Å²) in [5.74, 6) is -0.863. The topological polar surface area (TPSA) is 78.5 Å². The molecule has 1 N–H and O–H groups in total. The number of hydrogen-bond acceptors (Lipinski definition) is 5. The fourth-order valence-corrected chi connectivity index (χ4v) is 1.78. The number of nitrogens with one attached hydrogen (secondary N) is 1.